The Hall–Kier alpha value is -2.33. The molecule has 0 radical (unpaired) electrons. The van der Waals surface area contributed by atoms with Crippen LogP contribution in [0.4, 0.5) is 5.69 Å². The van der Waals surface area contributed by atoms with Gasteiger partial charge < -0.3 is 16.2 Å². The molecular weight excluding hydrogens is 262 g/mol. The number of hydrogen-bond acceptors (Lipinski definition) is 4. The molecule has 0 unspecified atom stereocenters. The Labute approximate surface area is 124 Å². The van der Waals surface area contributed by atoms with Gasteiger partial charge in [0.25, 0.3) is 0 Å². The van der Waals surface area contributed by atoms with Crippen molar-refractivity contribution in [3.05, 3.63) is 54.1 Å². The maximum atomic E-state index is 5.86. The van der Waals surface area contributed by atoms with E-state index in [-0.39, 0.29) is 0 Å². The average molecular weight is 281 g/mol. The van der Waals surface area contributed by atoms with Gasteiger partial charge in [-0.1, -0.05) is 30.3 Å². The largest absolute Gasteiger partial charge is 0.399 e. The first kappa shape index (κ1) is 13.6. The van der Waals surface area contributed by atoms with E-state index in [1.165, 1.54) is 0 Å². The Kier molecular flexibility index (Phi) is 3.39. The highest BCUT2D eigenvalue weighted by Crippen LogP contribution is 2.31. The minimum absolute atomic E-state index is 0.407. The summed E-state index contributed by atoms with van der Waals surface area (Å²) in [4.78, 5) is 4.58. The molecule has 0 aliphatic carbocycles. The van der Waals surface area contributed by atoms with E-state index in [1.54, 1.807) is 0 Å². The molecule has 1 aliphatic heterocycles. The molecule has 1 atom stereocenters. The fourth-order valence-corrected chi connectivity index (χ4v) is 2.64. The second-order valence-corrected chi connectivity index (χ2v) is 5.58. The Morgan fingerprint density at radius 1 is 1.05 bits per heavy atom. The predicted molar refractivity (Wildman–Crippen MR) is 86.1 cm³/mol. The molecule has 0 fully saturated rings. The van der Waals surface area contributed by atoms with Crippen molar-refractivity contribution in [2.45, 2.75) is 12.5 Å². The van der Waals surface area contributed by atoms with E-state index >= 15 is 0 Å². The molecule has 0 saturated carbocycles. The average Bonchev–Trinajstić information content (AvgIpc) is 2.47. The zero-order chi connectivity index (χ0) is 14.9. The Balaban J connectivity index is 2.03. The number of hydrogen-bond donors (Lipinski definition) is 2. The molecule has 0 saturated heterocycles. The summed E-state index contributed by atoms with van der Waals surface area (Å²) in [6, 6.07) is 16.1. The second kappa shape index (κ2) is 5.22. The molecule has 3 rings (SSSR count). The highest BCUT2D eigenvalue weighted by molar-refractivity contribution is 5.82. The van der Waals surface area contributed by atoms with Crippen LogP contribution in [0.15, 0.2) is 53.5 Å². The SMILES string of the molecule is C[C@]1(c2cccc(-c3cccc(N)c3)c2)COCC(N)=N1. The molecule has 0 spiro atoms. The summed E-state index contributed by atoms with van der Waals surface area (Å²) < 4.78 is 5.54. The zero-order valence-electron chi connectivity index (χ0n) is 12.0. The van der Waals surface area contributed by atoms with Crippen molar-refractivity contribution in [1.82, 2.24) is 0 Å². The molecule has 108 valence electrons. The van der Waals surface area contributed by atoms with Gasteiger partial charge in [-0.05, 0) is 41.8 Å². The summed E-state index contributed by atoms with van der Waals surface area (Å²) in [7, 11) is 0. The second-order valence-electron chi connectivity index (χ2n) is 5.58. The van der Waals surface area contributed by atoms with E-state index in [0.717, 1.165) is 22.4 Å². The fourth-order valence-electron chi connectivity index (χ4n) is 2.64. The molecule has 4 nitrogen and oxygen atoms in total. The van der Waals surface area contributed by atoms with Crippen LogP contribution >= 0.6 is 0 Å². The van der Waals surface area contributed by atoms with Crippen LogP contribution in [0.1, 0.15) is 12.5 Å². The molecule has 1 aliphatic rings. The highest BCUT2D eigenvalue weighted by atomic mass is 16.5. The smallest absolute Gasteiger partial charge is 0.121 e. The van der Waals surface area contributed by atoms with Gasteiger partial charge in [-0.25, -0.2) is 0 Å². The van der Waals surface area contributed by atoms with E-state index < -0.39 is 5.54 Å². The molecule has 21 heavy (non-hydrogen) atoms. The number of nitrogens with zero attached hydrogens (tertiary/aromatic N) is 1. The van der Waals surface area contributed by atoms with Gasteiger partial charge in [0, 0.05) is 5.69 Å². The van der Waals surface area contributed by atoms with Gasteiger partial charge in [0.1, 0.15) is 18.0 Å². The molecule has 0 bridgehead atoms. The van der Waals surface area contributed by atoms with Crippen molar-refractivity contribution in [2.75, 3.05) is 18.9 Å². The summed E-state index contributed by atoms with van der Waals surface area (Å²) in [6.45, 7) is 2.98. The first-order chi connectivity index (χ1) is 10.1. The molecule has 0 amide bonds. The molecule has 2 aromatic rings. The molecule has 2 aromatic carbocycles. The monoisotopic (exact) mass is 281 g/mol. The lowest BCUT2D eigenvalue weighted by Gasteiger charge is -2.30. The van der Waals surface area contributed by atoms with Crippen LogP contribution in [-0.2, 0) is 10.3 Å². The maximum Gasteiger partial charge on any atom is 0.121 e. The minimum atomic E-state index is -0.432. The third kappa shape index (κ3) is 2.76. The van der Waals surface area contributed by atoms with Gasteiger partial charge in [-0.2, -0.15) is 0 Å². The first-order valence-electron chi connectivity index (χ1n) is 6.95. The van der Waals surface area contributed by atoms with Crippen LogP contribution in [-0.4, -0.2) is 19.0 Å². The molecule has 0 aromatic heterocycles. The Morgan fingerprint density at radius 2 is 1.76 bits per heavy atom. The summed E-state index contributed by atoms with van der Waals surface area (Å²) in [5.74, 6) is 0.540. The molecule has 4 N–H and O–H groups in total. The predicted octanol–water partition coefficient (Wildman–Crippen LogP) is 2.54. The van der Waals surface area contributed by atoms with Crippen molar-refractivity contribution in [1.29, 1.82) is 0 Å². The van der Waals surface area contributed by atoms with Gasteiger partial charge in [0.2, 0.25) is 0 Å². The van der Waals surface area contributed by atoms with Gasteiger partial charge in [0.05, 0.1) is 6.61 Å². The van der Waals surface area contributed by atoms with Crippen LogP contribution in [0, 0.1) is 0 Å². The lowest BCUT2D eigenvalue weighted by atomic mass is 9.90. The molecule has 4 heteroatoms. The number of rotatable bonds is 2. The standard InChI is InChI=1S/C17H19N3O/c1-17(11-21-10-16(19)20-17)14-6-2-4-12(8-14)13-5-3-7-15(18)9-13/h2-9H,10-11,18H2,1H3,(H2,19,20)/t17-/m1/s1. The van der Waals surface area contributed by atoms with Crippen molar-refractivity contribution in [3.8, 4) is 11.1 Å². The lowest BCUT2D eigenvalue weighted by Crippen LogP contribution is -2.37. The number of anilines is 1. The summed E-state index contributed by atoms with van der Waals surface area (Å²) in [6.07, 6.45) is 0. The zero-order valence-corrected chi connectivity index (χ0v) is 12.0. The van der Waals surface area contributed by atoms with E-state index in [1.807, 2.05) is 37.3 Å². The summed E-state index contributed by atoms with van der Waals surface area (Å²) >= 11 is 0. The number of ether oxygens (including phenoxy) is 1. The molecular formula is C17H19N3O. The van der Waals surface area contributed by atoms with Gasteiger partial charge in [0.15, 0.2) is 0 Å². The number of nitrogens with two attached hydrogens (primary N) is 2. The van der Waals surface area contributed by atoms with Crippen molar-refractivity contribution in [3.63, 3.8) is 0 Å². The highest BCUT2D eigenvalue weighted by Gasteiger charge is 2.30. The van der Waals surface area contributed by atoms with Gasteiger partial charge in [-0.3, -0.25) is 4.99 Å². The van der Waals surface area contributed by atoms with Crippen LogP contribution in [0.25, 0.3) is 11.1 Å². The van der Waals surface area contributed by atoms with Crippen molar-refractivity contribution >= 4 is 11.5 Å². The molecule has 1 heterocycles. The number of benzene rings is 2. The van der Waals surface area contributed by atoms with Crippen LogP contribution < -0.4 is 11.5 Å². The Morgan fingerprint density at radius 3 is 2.48 bits per heavy atom. The van der Waals surface area contributed by atoms with Gasteiger partial charge in [-0.15, -0.1) is 0 Å². The van der Waals surface area contributed by atoms with Gasteiger partial charge >= 0.3 is 0 Å². The fraction of sp³-hybridized carbons (Fsp3) is 0.235. The topological polar surface area (TPSA) is 73.6 Å². The van der Waals surface area contributed by atoms with Crippen LogP contribution in [0.3, 0.4) is 0 Å². The summed E-state index contributed by atoms with van der Waals surface area (Å²) in [5, 5.41) is 0. The van der Waals surface area contributed by atoms with E-state index in [9.17, 15) is 0 Å². The number of amidine groups is 1. The number of nitrogen functional groups attached to an aromatic ring is 1. The van der Waals surface area contributed by atoms with E-state index in [4.69, 9.17) is 16.2 Å². The van der Waals surface area contributed by atoms with Crippen LogP contribution in [0.2, 0.25) is 0 Å². The normalized spacial score (nSPS) is 21.9. The summed E-state index contributed by atoms with van der Waals surface area (Å²) in [5.41, 5.74) is 15.3. The van der Waals surface area contributed by atoms with Crippen LogP contribution in [0.5, 0.6) is 0 Å². The first-order valence-corrected chi connectivity index (χ1v) is 6.95. The maximum absolute atomic E-state index is 5.86. The van der Waals surface area contributed by atoms with E-state index in [0.29, 0.717) is 19.0 Å². The van der Waals surface area contributed by atoms with Crippen molar-refractivity contribution < 1.29 is 4.74 Å². The number of aliphatic imine (C=N–C) groups is 1. The minimum Gasteiger partial charge on any atom is -0.399 e. The Bertz CT molecular complexity index is 696. The quantitative estimate of drug-likeness (QED) is 0.831. The third-order valence-corrected chi connectivity index (χ3v) is 3.73. The lowest BCUT2D eigenvalue weighted by molar-refractivity contribution is 0.106. The van der Waals surface area contributed by atoms with Crippen molar-refractivity contribution in [2.24, 2.45) is 10.7 Å². The third-order valence-electron chi connectivity index (χ3n) is 3.73. The van der Waals surface area contributed by atoms with E-state index in [2.05, 4.69) is 23.2 Å².